The Hall–Kier alpha value is -0.260. The average molecular weight is 176 g/mol. The molecule has 0 amide bonds. The van der Waals surface area contributed by atoms with Crippen LogP contribution in [0.25, 0.3) is 0 Å². The second-order valence-corrected chi connectivity index (χ2v) is 5.61. The molecule has 3 saturated carbocycles. The third-order valence-corrected chi connectivity index (χ3v) is 5.05. The highest BCUT2D eigenvalue weighted by Gasteiger charge is 2.44. The maximum atomic E-state index is 2.40. The summed E-state index contributed by atoms with van der Waals surface area (Å²) in [5.74, 6) is 4.28. The van der Waals surface area contributed by atoms with Crippen LogP contribution in [0, 0.1) is 23.7 Å². The Kier molecular flexibility index (Phi) is 1.63. The monoisotopic (exact) mass is 176 g/mol. The number of rotatable bonds is 0. The highest BCUT2D eigenvalue weighted by atomic mass is 14.5. The first-order valence-corrected chi connectivity index (χ1v) is 5.92. The molecule has 13 heavy (non-hydrogen) atoms. The molecule has 0 N–H and O–H groups in total. The molecule has 4 atom stereocenters. The molecule has 4 unspecified atom stereocenters. The standard InChI is InChI=1S/C13H20/c1-8-5-11-6-10-3-4-12(11)13(7-10)9(8)2/h10-13H,3-7H2,1-2H3. The lowest BCUT2D eigenvalue weighted by molar-refractivity contribution is 0.0430. The van der Waals surface area contributed by atoms with E-state index in [2.05, 4.69) is 13.8 Å². The van der Waals surface area contributed by atoms with Gasteiger partial charge in [0.05, 0.1) is 0 Å². The van der Waals surface area contributed by atoms with Crippen LogP contribution in [-0.2, 0) is 0 Å². The molecule has 0 aromatic rings. The van der Waals surface area contributed by atoms with Gasteiger partial charge in [-0.05, 0) is 63.2 Å². The van der Waals surface area contributed by atoms with Crippen molar-refractivity contribution in [2.45, 2.75) is 46.0 Å². The summed E-state index contributed by atoms with van der Waals surface area (Å²) in [5, 5.41) is 0. The largest absolute Gasteiger partial charge is 0.0738 e. The lowest BCUT2D eigenvalue weighted by atomic mass is 9.54. The Labute approximate surface area is 81.4 Å². The summed E-state index contributed by atoms with van der Waals surface area (Å²) in [6, 6.07) is 0. The average Bonchev–Trinajstić information content (AvgIpc) is 2.15. The predicted octanol–water partition coefficient (Wildman–Crippen LogP) is 3.78. The third-order valence-electron chi connectivity index (χ3n) is 5.05. The third kappa shape index (κ3) is 1.04. The summed E-state index contributed by atoms with van der Waals surface area (Å²) in [6.07, 6.45) is 7.62. The van der Waals surface area contributed by atoms with E-state index < -0.39 is 0 Å². The van der Waals surface area contributed by atoms with Crippen LogP contribution in [0.3, 0.4) is 0 Å². The minimum atomic E-state index is 1.01. The molecule has 4 rings (SSSR count). The number of hydrogen-bond acceptors (Lipinski definition) is 0. The number of hydrogen-bond donors (Lipinski definition) is 0. The summed E-state index contributed by atoms with van der Waals surface area (Å²) < 4.78 is 0. The quantitative estimate of drug-likeness (QED) is 0.493. The van der Waals surface area contributed by atoms with Crippen LogP contribution in [0.15, 0.2) is 11.1 Å². The van der Waals surface area contributed by atoms with E-state index in [1.54, 1.807) is 30.4 Å². The van der Waals surface area contributed by atoms with Crippen molar-refractivity contribution < 1.29 is 0 Å². The van der Waals surface area contributed by atoms with E-state index in [-0.39, 0.29) is 0 Å². The number of fused-ring (bicyclic) bond motifs is 1. The topological polar surface area (TPSA) is 0 Å². The molecule has 4 bridgehead atoms. The van der Waals surface area contributed by atoms with Crippen LogP contribution in [0.4, 0.5) is 0 Å². The Balaban J connectivity index is 2.00. The van der Waals surface area contributed by atoms with Crippen LogP contribution in [0.5, 0.6) is 0 Å². The highest BCUT2D eigenvalue weighted by Crippen LogP contribution is 2.55. The molecule has 0 aliphatic heterocycles. The molecule has 0 saturated heterocycles. The summed E-state index contributed by atoms with van der Waals surface area (Å²) in [6.45, 7) is 4.77. The van der Waals surface area contributed by atoms with Gasteiger partial charge < -0.3 is 0 Å². The normalized spacial score (nSPS) is 48.5. The molecule has 0 spiro atoms. The molecule has 72 valence electrons. The van der Waals surface area contributed by atoms with E-state index in [4.69, 9.17) is 0 Å². The zero-order chi connectivity index (χ0) is 9.00. The Morgan fingerprint density at radius 3 is 2.69 bits per heavy atom. The Bertz CT molecular complexity index is 261. The maximum absolute atomic E-state index is 2.40. The van der Waals surface area contributed by atoms with Crippen molar-refractivity contribution in [2.24, 2.45) is 23.7 Å². The van der Waals surface area contributed by atoms with Crippen molar-refractivity contribution in [2.75, 3.05) is 0 Å². The summed E-state index contributed by atoms with van der Waals surface area (Å²) in [5.41, 5.74) is 3.50. The minimum absolute atomic E-state index is 1.01. The molecule has 0 radical (unpaired) electrons. The van der Waals surface area contributed by atoms with Crippen LogP contribution in [0.1, 0.15) is 46.0 Å². The molecule has 0 nitrogen and oxygen atoms in total. The number of allylic oxidation sites excluding steroid dienone is 2. The molecule has 0 aromatic heterocycles. The minimum Gasteiger partial charge on any atom is -0.0738 e. The lowest BCUT2D eigenvalue weighted by Gasteiger charge is -2.51. The fourth-order valence-electron chi connectivity index (χ4n) is 4.27. The molecule has 0 heterocycles. The van der Waals surface area contributed by atoms with E-state index in [1.807, 2.05) is 0 Å². The highest BCUT2D eigenvalue weighted by molar-refractivity contribution is 5.22. The van der Waals surface area contributed by atoms with Crippen LogP contribution < -0.4 is 0 Å². The van der Waals surface area contributed by atoms with Gasteiger partial charge in [0.1, 0.15) is 0 Å². The molecule has 4 aliphatic carbocycles. The van der Waals surface area contributed by atoms with Crippen molar-refractivity contribution in [3.63, 3.8) is 0 Å². The SMILES string of the molecule is CC1=C(C)C2CC3CCC2C(C1)C3. The molecule has 4 aliphatic rings. The van der Waals surface area contributed by atoms with Gasteiger partial charge >= 0.3 is 0 Å². The first kappa shape index (κ1) is 8.08. The van der Waals surface area contributed by atoms with Crippen LogP contribution in [-0.4, -0.2) is 0 Å². The summed E-state index contributed by atoms with van der Waals surface area (Å²) >= 11 is 0. The fraction of sp³-hybridized carbons (Fsp3) is 0.846. The van der Waals surface area contributed by atoms with Gasteiger partial charge in [0.25, 0.3) is 0 Å². The van der Waals surface area contributed by atoms with Gasteiger partial charge in [-0.25, -0.2) is 0 Å². The van der Waals surface area contributed by atoms with Crippen molar-refractivity contribution in [3.05, 3.63) is 11.1 Å². The van der Waals surface area contributed by atoms with Crippen molar-refractivity contribution >= 4 is 0 Å². The van der Waals surface area contributed by atoms with Gasteiger partial charge in [-0.15, -0.1) is 0 Å². The van der Waals surface area contributed by atoms with Crippen molar-refractivity contribution in [1.29, 1.82) is 0 Å². The van der Waals surface area contributed by atoms with Gasteiger partial charge in [0.2, 0.25) is 0 Å². The molecular weight excluding hydrogens is 156 g/mol. The lowest BCUT2D eigenvalue weighted by Crippen LogP contribution is -2.41. The zero-order valence-electron chi connectivity index (χ0n) is 8.84. The van der Waals surface area contributed by atoms with Gasteiger partial charge in [0.15, 0.2) is 0 Å². The van der Waals surface area contributed by atoms with Crippen molar-refractivity contribution in [1.82, 2.24) is 0 Å². The second-order valence-electron chi connectivity index (χ2n) is 5.61. The summed E-state index contributed by atoms with van der Waals surface area (Å²) in [7, 11) is 0. The first-order valence-electron chi connectivity index (χ1n) is 5.92. The van der Waals surface area contributed by atoms with Gasteiger partial charge in [-0.1, -0.05) is 17.6 Å². The predicted molar refractivity (Wildman–Crippen MR) is 55.4 cm³/mol. The molecule has 0 heteroatoms. The fourth-order valence-corrected chi connectivity index (χ4v) is 4.27. The molecule has 3 fully saturated rings. The van der Waals surface area contributed by atoms with Gasteiger partial charge in [-0.3, -0.25) is 0 Å². The van der Waals surface area contributed by atoms with E-state index in [0.717, 1.165) is 23.7 Å². The van der Waals surface area contributed by atoms with E-state index in [0.29, 0.717) is 0 Å². The van der Waals surface area contributed by atoms with E-state index in [1.165, 1.54) is 12.8 Å². The van der Waals surface area contributed by atoms with Crippen LogP contribution in [0.2, 0.25) is 0 Å². The Morgan fingerprint density at radius 1 is 1.08 bits per heavy atom. The van der Waals surface area contributed by atoms with E-state index >= 15 is 0 Å². The Morgan fingerprint density at radius 2 is 1.92 bits per heavy atom. The van der Waals surface area contributed by atoms with Crippen molar-refractivity contribution in [3.8, 4) is 0 Å². The van der Waals surface area contributed by atoms with Gasteiger partial charge in [-0.2, -0.15) is 0 Å². The summed E-state index contributed by atoms with van der Waals surface area (Å²) in [4.78, 5) is 0. The van der Waals surface area contributed by atoms with Gasteiger partial charge in [0, 0.05) is 0 Å². The molecular formula is C13H20. The maximum Gasteiger partial charge on any atom is -0.0170 e. The second kappa shape index (κ2) is 2.62. The zero-order valence-corrected chi connectivity index (χ0v) is 8.84. The van der Waals surface area contributed by atoms with Crippen LogP contribution >= 0.6 is 0 Å². The molecule has 0 aromatic carbocycles. The smallest absolute Gasteiger partial charge is 0.0170 e. The first-order chi connectivity index (χ1) is 6.25. The van der Waals surface area contributed by atoms with E-state index in [9.17, 15) is 0 Å².